The zero-order valence-corrected chi connectivity index (χ0v) is 9.56. The van der Waals surface area contributed by atoms with E-state index in [0.29, 0.717) is 5.03 Å². The molecule has 1 aliphatic heterocycles. The number of thiol groups is 2. The molecule has 6 heteroatoms. The highest BCUT2D eigenvalue weighted by Crippen LogP contribution is 2.30. The predicted molar refractivity (Wildman–Crippen MR) is 57.6 cm³/mol. The van der Waals surface area contributed by atoms with Crippen molar-refractivity contribution in [3.63, 3.8) is 0 Å². The summed E-state index contributed by atoms with van der Waals surface area (Å²) in [7, 11) is 0. The van der Waals surface area contributed by atoms with Crippen LogP contribution in [0, 0.1) is 0 Å². The van der Waals surface area contributed by atoms with Crippen molar-refractivity contribution in [1.29, 1.82) is 0 Å². The lowest BCUT2D eigenvalue weighted by atomic mass is 10.2. The minimum Gasteiger partial charge on any atom is -0.335 e. The Hall–Kier alpha value is -0.200. The molecule has 1 N–H and O–H groups in total. The molecule has 1 atom stereocenters. The third-order valence-electron chi connectivity index (χ3n) is 1.14. The number of nitrogens with one attached hydrogen (secondary N) is 1. The third-order valence-corrected chi connectivity index (χ3v) is 1.68. The van der Waals surface area contributed by atoms with E-state index in [4.69, 9.17) is 4.74 Å². The van der Waals surface area contributed by atoms with Gasteiger partial charge in [-0.1, -0.05) is 5.22 Å². The van der Waals surface area contributed by atoms with Gasteiger partial charge in [-0.05, 0) is 20.8 Å². The minimum absolute atomic E-state index is 0.331. The molecule has 4 nitrogen and oxygen atoms in total. The molecule has 1 unspecified atom stereocenters. The number of rotatable bonds is 1. The molecule has 0 amide bonds. The number of hydrogen-bond donors (Lipinski definition) is 3. The Morgan fingerprint density at radius 2 is 2.15 bits per heavy atom. The van der Waals surface area contributed by atoms with Gasteiger partial charge in [-0.15, -0.1) is 30.4 Å². The first-order valence-electron chi connectivity index (χ1n) is 3.83. The van der Waals surface area contributed by atoms with E-state index >= 15 is 0 Å². The topological polar surface area (TPSA) is 46.0 Å². The first-order chi connectivity index (χ1) is 5.81. The first kappa shape index (κ1) is 10.9. The molecule has 1 rings (SSSR count). The molecule has 0 spiro atoms. The van der Waals surface area contributed by atoms with E-state index in [9.17, 15) is 0 Å². The highest BCUT2D eigenvalue weighted by atomic mass is 32.1. The molecule has 0 aromatic rings. The maximum absolute atomic E-state index is 5.58. The van der Waals surface area contributed by atoms with E-state index in [2.05, 4.69) is 41.0 Å². The molecule has 13 heavy (non-hydrogen) atoms. The lowest BCUT2D eigenvalue weighted by Crippen LogP contribution is -2.34. The molecule has 1 heterocycles. The Kier molecular flexibility index (Phi) is 2.94. The van der Waals surface area contributed by atoms with Gasteiger partial charge in [-0.25, -0.2) is 0 Å². The predicted octanol–water partition coefficient (Wildman–Crippen LogP) is 2.13. The monoisotopic (exact) mass is 219 g/mol. The van der Waals surface area contributed by atoms with Gasteiger partial charge in [0.1, 0.15) is 0 Å². The molecule has 0 fully saturated rings. The Morgan fingerprint density at radius 1 is 1.54 bits per heavy atom. The fourth-order valence-electron chi connectivity index (χ4n) is 0.888. The largest absolute Gasteiger partial charge is 0.335 e. The van der Waals surface area contributed by atoms with Crippen LogP contribution in [-0.2, 0) is 4.74 Å². The van der Waals surface area contributed by atoms with Crippen LogP contribution in [0.4, 0.5) is 0 Å². The van der Waals surface area contributed by atoms with Gasteiger partial charge in [0.2, 0.25) is 5.06 Å². The minimum atomic E-state index is -1.01. The SMILES string of the molecule is CC(C)(C)OC1(S)C=C(S)NN=N1. The zero-order valence-electron chi connectivity index (χ0n) is 7.77. The highest BCUT2D eigenvalue weighted by molar-refractivity contribution is 7.84. The van der Waals surface area contributed by atoms with Gasteiger partial charge in [-0.2, -0.15) is 0 Å². The molecule has 0 aromatic heterocycles. The van der Waals surface area contributed by atoms with Gasteiger partial charge in [-0.3, -0.25) is 5.43 Å². The van der Waals surface area contributed by atoms with Crippen LogP contribution in [0.15, 0.2) is 21.4 Å². The van der Waals surface area contributed by atoms with Gasteiger partial charge in [0, 0.05) is 6.08 Å². The molecule has 0 aliphatic carbocycles. The lowest BCUT2D eigenvalue weighted by Gasteiger charge is -2.30. The smallest absolute Gasteiger partial charge is 0.248 e. The van der Waals surface area contributed by atoms with E-state index in [1.54, 1.807) is 6.08 Å². The van der Waals surface area contributed by atoms with E-state index in [1.165, 1.54) is 0 Å². The summed E-state index contributed by atoms with van der Waals surface area (Å²) in [5, 5.41) is 7.02. The van der Waals surface area contributed by atoms with Crippen LogP contribution in [0.5, 0.6) is 0 Å². The van der Waals surface area contributed by atoms with Crippen LogP contribution >= 0.6 is 25.3 Å². The first-order valence-corrected chi connectivity index (χ1v) is 4.72. The second kappa shape index (κ2) is 3.51. The number of ether oxygens (including phenoxy) is 1. The van der Waals surface area contributed by atoms with E-state index in [0.717, 1.165) is 0 Å². The van der Waals surface area contributed by atoms with Gasteiger partial charge in [0.15, 0.2) is 0 Å². The van der Waals surface area contributed by atoms with Crippen molar-refractivity contribution in [3.05, 3.63) is 11.1 Å². The normalized spacial score (nSPS) is 28.2. The maximum atomic E-state index is 5.58. The molecular weight excluding hydrogens is 206 g/mol. The van der Waals surface area contributed by atoms with Crippen molar-refractivity contribution in [2.75, 3.05) is 0 Å². The van der Waals surface area contributed by atoms with Crippen LogP contribution in [0.1, 0.15) is 20.8 Å². The van der Waals surface area contributed by atoms with Crippen LogP contribution in [-0.4, -0.2) is 10.7 Å². The lowest BCUT2D eigenvalue weighted by molar-refractivity contribution is -0.0565. The Balaban J connectivity index is 2.76. The van der Waals surface area contributed by atoms with Crippen molar-refractivity contribution < 1.29 is 4.74 Å². The van der Waals surface area contributed by atoms with E-state index < -0.39 is 5.06 Å². The Morgan fingerprint density at radius 3 is 2.62 bits per heavy atom. The van der Waals surface area contributed by atoms with E-state index in [-0.39, 0.29) is 5.60 Å². The summed E-state index contributed by atoms with van der Waals surface area (Å²) in [5.41, 5.74) is 2.25. The number of hydrogen-bond acceptors (Lipinski definition) is 6. The summed E-state index contributed by atoms with van der Waals surface area (Å²) >= 11 is 8.35. The van der Waals surface area contributed by atoms with Gasteiger partial charge in [0.25, 0.3) is 0 Å². The molecule has 0 saturated carbocycles. The van der Waals surface area contributed by atoms with Crippen molar-refractivity contribution >= 4 is 25.3 Å². The van der Waals surface area contributed by atoms with Crippen molar-refractivity contribution in [2.45, 2.75) is 31.4 Å². The molecule has 1 aliphatic rings. The van der Waals surface area contributed by atoms with Crippen molar-refractivity contribution in [1.82, 2.24) is 5.43 Å². The number of nitrogens with zero attached hydrogens (tertiary/aromatic N) is 2. The summed E-state index contributed by atoms with van der Waals surface area (Å²) in [4.78, 5) is 0. The Bertz CT molecular complexity index is 259. The van der Waals surface area contributed by atoms with Crippen molar-refractivity contribution in [2.24, 2.45) is 10.3 Å². The summed E-state index contributed by atoms with van der Waals surface area (Å²) in [6, 6.07) is 0. The van der Waals surface area contributed by atoms with Gasteiger partial charge < -0.3 is 4.74 Å². The van der Waals surface area contributed by atoms with Gasteiger partial charge in [0.05, 0.1) is 10.6 Å². The average Bonchev–Trinajstić information content (AvgIpc) is 1.79. The Labute approximate surface area is 88.6 Å². The van der Waals surface area contributed by atoms with E-state index in [1.807, 2.05) is 20.8 Å². The third kappa shape index (κ3) is 3.58. The molecule has 0 saturated heterocycles. The maximum Gasteiger partial charge on any atom is 0.248 e. The van der Waals surface area contributed by atoms with Crippen LogP contribution in [0.25, 0.3) is 0 Å². The van der Waals surface area contributed by atoms with Crippen LogP contribution in [0.3, 0.4) is 0 Å². The van der Waals surface area contributed by atoms with Crippen molar-refractivity contribution in [3.8, 4) is 0 Å². The molecule has 74 valence electrons. The average molecular weight is 219 g/mol. The summed E-state index contributed by atoms with van der Waals surface area (Å²) in [6.45, 7) is 5.78. The highest BCUT2D eigenvalue weighted by Gasteiger charge is 2.31. The molecule has 0 bridgehead atoms. The standard InChI is InChI=1S/C7H13N3OS2/c1-6(2,3)11-7(13)4-5(12)8-10-9-7/h4,12-13H,1-3H3,(H,8,9). The molecule has 0 aromatic carbocycles. The van der Waals surface area contributed by atoms with Gasteiger partial charge >= 0.3 is 0 Å². The molecule has 0 radical (unpaired) electrons. The quantitative estimate of drug-likeness (QED) is 0.467. The molecular formula is C7H13N3OS2. The summed E-state index contributed by atoms with van der Waals surface area (Å²) < 4.78 is 5.58. The van der Waals surface area contributed by atoms with Crippen LogP contribution in [0.2, 0.25) is 0 Å². The summed E-state index contributed by atoms with van der Waals surface area (Å²) in [6.07, 6.45) is 1.65. The fraction of sp³-hybridized carbons (Fsp3) is 0.714. The second-order valence-corrected chi connectivity index (χ2v) is 4.84. The second-order valence-electron chi connectivity index (χ2n) is 3.71. The fourth-order valence-corrected chi connectivity index (χ4v) is 1.66. The zero-order chi connectivity index (χ0) is 10.1. The summed E-state index contributed by atoms with van der Waals surface area (Å²) in [5.74, 6) is 0. The van der Waals surface area contributed by atoms with Crippen LogP contribution < -0.4 is 5.43 Å².